The number of amides is 1. The maximum atomic E-state index is 12.6. The predicted octanol–water partition coefficient (Wildman–Crippen LogP) is 2.56. The molecule has 1 aliphatic heterocycles. The number of carbonyl (C=O) groups excluding carboxylic acids is 1. The first-order chi connectivity index (χ1) is 13.1. The van der Waals surface area contributed by atoms with Gasteiger partial charge >= 0.3 is 0 Å². The van der Waals surface area contributed by atoms with Crippen molar-refractivity contribution in [3.05, 3.63) is 35.9 Å². The van der Waals surface area contributed by atoms with Crippen LogP contribution in [0.15, 0.2) is 35.2 Å². The molecule has 0 radical (unpaired) electrons. The van der Waals surface area contributed by atoms with Gasteiger partial charge in [-0.25, -0.2) is 8.42 Å². The maximum absolute atomic E-state index is 12.6. The summed E-state index contributed by atoms with van der Waals surface area (Å²) in [5.41, 5.74) is 0.798. The lowest BCUT2D eigenvalue weighted by Crippen LogP contribution is -2.40. The van der Waals surface area contributed by atoms with Crippen LogP contribution in [0, 0.1) is 0 Å². The van der Waals surface area contributed by atoms with Gasteiger partial charge in [0.25, 0.3) is 0 Å². The van der Waals surface area contributed by atoms with Gasteiger partial charge in [-0.15, -0.1) is 0 Å². The van der Waals surface area contributed by atoms with Crippen molar-refractivity contribution in [2.45, 2.75) is 49.5 Å². The molecule has 1 amide bonds. The molecule has 1 aromatic carbocycles. The van der Waals surface area contributed by atoms with Gasteiger partial charge in [0, 0.05) is 25.2 Å². The Bertz CT molecular complexity index is 745. The Labute approximate surface area is 161 Å². The molecular formula is C20H28N2O4S. The zero-order valence-corrected chi connectivity index (χ0v) is 16.4. The first-order valence-electron chi connectivity index (χ1n) is 9.72. The molecule has 1 heterocycles. The molecule has 27 heavy (non-hydrogen) atoms. The Morgan fingerprint density at radius 3 is 2.30 bits per heavy atom. The zero-order valence-electron chi connectivity index (χ0n) is 15.6. The van der Waals surface area contributed by atoms with Crippen LogP contribution >= 0.6 is 0 Å². The smallest absolute Gasteiger partial charge is 0.244 e. The van der Waals surface area contributed by atoms with E-state index in [0.29, 0.717) is 26.3 Å². The van der Waals surface area contributed by atoms with Crippen LogP contribution in [0.4, 0.5) is 0 Å². The Kier molecular flexibility index (Phi) is 7.04. The number of nitrogens with zero attached hydrogens (tertiary/aromatic N) is 1. The molecule has 3 rings (SSSR count). The van der Waals surface area contributed by atoms with E-state index in [1.54, 1.807) is 30.3 Å². The van der Waals surface area contributed by atoms with Crippen molar-refractivity contribution in [2.24, 2.45) is 0 Å². The first kappa shape index (κ1) is 20.0. The minimum Gasteiger partial charge on any atom is -0.379 e. The molecular weight excluding hydrogens is 364 g/mol. The van der Waals surface area contributed by atoms with Crippen LogP contribution in [0.3, 0.4) is 0 Å². The second kappa shape index (κ2) is 9.48. The monoisotopic (exact) mass is 392 g/mol. The van der Waals surface area contributed by atoms with Crippen molar-refractivity contribution < 1.29 is 17.9 Å². The number of rotatable bonds is 5. The summed E-state index contributed by atoms with van der Waals surface area (Å²) in [6.07, 6.45) is 10.2. The molecule has 6 nitrogen and oxygen atoms in total. The van der Waals surface area contributed by atoms with Gasteiger partial charge in [0.05, 0.1) is 18.1 Å². The Morgan fingerprint density at radius 2 is 1.67 bits per heavy atom. The van der Waals surface area contributed by atoms with Gasteiger partial charge in [0.15, 0.2) is 0 Å². The number of hydrogen-bond donors (Lipinski definition) is 1. The summed E-state index contributed by atoms with van der Waals surface area (Å²) in [4.78, 5) is 12.4. The molecule has 0 spiro atoms. The maximum Gasteiger partial charge on any atom is 0.244 e. The quantitative estimate of drug-likeness (QED) is 0.617. The lowest BCUT2D eigenvalue weighted by atomic mass is 10.1. The summed E-state index contributed by atoms with van der Waals surface area (Å²) in [5.74, 6) is -0.0908. The minimum atomic E-state index is -3.48. The van der Waals surface area contributed by atoms with Crippen LogP contribution in [0.25, 0.3) is 6.08 Å². The number of sulfonamides is 1. The lowest BCUT2D eigenvalue weighted by molar-refractivity contribution is -0.117. The van der Waals surface area contributed by atoms with E-state index in [-0.39, 0.29) is 16.8 Å². The van der Waals surface area contributed by atoms with Crippen LogP contribution in [0.2, 0.25) is 0 Å². The predicted molar refractivity (Wildman–Crippen MR) is 105 cm³/mol. The number of ether oxygens (including phenoxy) is 1. The van der Waals surface area contributed by atoms with E-state index in [1.165, 1.54) is 36.1 Å². The first-order valence-corrected chi connectivity index (χ1v) is 11.2. The van der Waals surface area contributed by atoms with Crippen molar-refractivity contribution in [1.82, 2.24) is 9.62 Å². The normalized spacial score (nSPS) is 20.4. The molecule has 1 aromatic rings. The fraction of sp³-hybridized carbons (Fsp3) is 0.550. The third-order valence-electron chi connectivity index (χ3n) is 5.12. The van der Waals surface area contributed by atoms with Gasteiger partial charge in [0.1, 0.15) is 0 Å². The molecule has 1 saturated heterocycles. The molecule has 148 valence electrons. The van der Waals surface area contributed by atoms with E-state index in [9.17, 15) is 13.2 Å². The lowest BCUT2D eigenvalue weighted by Gasteiger charge is -2.26. The highest BCUT2D eigenvalue weighted by Gasteiger charge is 2.25. The fourth-order valence-electron chi connectivity index (χ4n) is 3.53. The van der Waals surface area contributed by atoms with Gasteiger partial charge in [0.2, 0.25) is 15.9 Å². The molecule has 1 N–H and O–H groups in total. The Morgan fingerprint density at radius 1 is 1.04 bits per heavy atom. The van der Waals surface area contributed by atoms with Crippen molar-refractivity contribution in [2.75, 3.05) is 26.3 Å². The summed E-state index contributed by atoms with van der Waals surface area (Å²) in [6.45, 7) is 1.61. The highest BCUT2D eigenvalue weighted by molar-refractivity contribution is 7.89. The molecule has 2 fully saturated rings. The summed E-state index contributed by atoms with van der Waals surface area (Å²) < 4.78 is 31.9. The molecule has 0 atom stereocenters. The average Bonchev–Trinajstić information content (AvgIpc) is 2.96. The zero-order chi connectivity index (χ0) is 19.1. The van der Waals surface area contributed by atoms with Gasteiger partial charge < -0.3 is 10.1 Å². The van der Waals surface area contributed by atoms with E-state index in [2.05, 4.69) is 5.32 Å². The molecule has 0 unspecified atom stereocenters. The number of hydrogen-bond acceptors (Lipinski definition) is 4. The van der Waals surface area contributed by atoms with E-state index in [4.69, 9.17) is 4.74 Å². The van der Waals surface area contributed by atoms with Crippen LogP contribution in [-0.4, -0.2) is 51.0 Å². The second-order valence-corrected chi connectivity index (χ2v) is 9.05. The standard InChI is InChI=1S/C20H28N2O4S/c23-20(21-18-5-3-1-2-4-6-18)12-9-17-7-10-19(11-8-17)27(24,25)22-13-15-26-16-14-22/h7-12,18H,1-6,13-16H2,(H,21,23)/b12-9+. The van der Waals surface area contributed by atoms with Gasteiger partial charge in [-0.1, -0.05) is 37.8 Å². The summed E-state index contributed by atoms with van der Waals surface area (Å²) in [5, 5.41) is 3.07. The number of carbonyl (C=O) groups is 1. The van der Waals surface area contributed by atoms with E-state index >= 15 is 0 Å². The summed E-state index contributed by atoms with van der Waals surface area (Å²) in [6, 6.07) is 6.90. The number of benzene rings is 1. The third-order valence-corrected chi connectivity index (χ3v) is 7.03. The van der Waals surface area contributed by atoms with E-state index < -0.39 is 10.0 Å². The van der Waals surface area contributed by atoms with Crippen molar-refractivity contribution in [3.8, 4) is 0 Å². The SMILES string of the molecule is O=C(/C=C/c1ccc(S(=O)(=O)N2CCOCC2)cc1)NC1CCCCCC1. The second-order valence-electron chi connectivity index (χ2n) is 7.12. The van der Waals surface area contributed by atoms with Crippen molar-refractivity contribution in [3.63, 3.8) is 0 Å². The average molecular weight is 393 g/mol. The molecule has 7 heteroatoms. The summed E-state index contributed by atoms with van der Waals surface area (Å²) in [7, 11) is -3.48. The van der Waals surface area contributed by atoms with Crippen molar-refractivity contribution >= 4 is 22.0 Å². The molecule has 2 aliphatic rings. The highest BCUT2D eigenvalue weighted by atomic mass is 32.2. The van der Waals surface area contributed by atoms with Crippen LogP contribution in [0.1, 0.15) is 44.1 Å². The molecule has 0 bridgehead atoms. The number of morpholine rings is 1. The van der Waals surface area contributed by atoms with Crippen molar-refractivity contribution in [1.29, 1.82) is 0 Å². The molecule has 1 aliphatic carbocycles. The van der Waals surface area contributed by atoms with Crippen LogP contribution in [0.5, 0.6) is 0 Å². The molecule has 0 aromatic heterocycles. The Hall–Kier alpha value is -1.70. The highest BCUT2D eigenvalue weighted by Crippen LogP contribution is 2.19. The largest absolute Gasteiger partial charge is 0.379 e. The third kappa shape index (κ3) is 5.64. The molecule has 1 saturated carbocycles. The van der Waals surface area contributed by atoms with Crippen LogP contribution < -0.4 is 5.32 Å². The van der Waals surface area contributed by atoms with Gasteiger partial charge in [-0.2, -0.15) is 4.31 Å². The topological polar surface area (TPSA) is 75.7 Å². The van der Waals surface area contributed by atoms with Gasteiger partial charge in [-0.3, -0.25) is 4.79 Å². The van der Waals surface area contributed by atoms with Gasteiger partial charge in [-0.05, 0) is 36.6 Å². The van der Waals surface area contributed by atoms with Crippen LogP contribution in [-0.2, 0) is 19.6 Å². The summed E-state index contributed by atoms with van der Waals surface area (Å²) >= 11 is 0. The number of nitrogens with one attached hydrogen (secondary N) is 1. The van der Waals surface area contributed by atoms with E-state index in [0.717, 1.165) is 18.4 Å². The fourth-order valence-corrected chi connectivity index (χ4v) is 4.94. The Balaban J connectivity index is 1.58. The minimum absolute atomic E-state index is 0.0908. The van der Waals surface area contributed by atoms with E-state index in [1.807, 2.05) is 0 Å².